The van der Waals surface area contributed by atoms with E-state index in [4.69, 9.17) is 0 Å². The minimum atomic E-state index is -0.807. The number of carbonyl (C=O) groups excluding carboxylic acids is 2. The molecule has 1 atom stereocenters. The van der Waals surface area contributed by atoms with Crippen LogP contribution in [0.4, 0.5) is 5.69 Å². The molecule has 1 amide bonds. The maximum absolute atomic E-state index is 13.3. The number of Topliss-reactive ketones (excluding diaryl/α,β-unsaturated/α-hetero) is 1. The van der Waals surface area contributed by atoms with Crippen LogP contribution in [0, 0.1) is 13.8 Å². The van der Waals surface area contributed by atoms with Crippen molar-refractivity contribution in [1.29, 1.82) is 0 Å². The number of amides is 1. The molecule has 2 N–H and O–H groups in total. The first kappa shape index (κ1) is 22.0. The van der Waals surface area contributed by atoms with Crippen molar-refractivity contribution in [3.05, 3.63) is 99.6 Å². The maximum Gasteiger partial charge on any atom is 0.300 e. The van der Waals surface area contributed by atoms with Crippen molar-refractivity contribution in [3.63, 3.8) is 0 Å². The highest BCUT2D eigenvalue weighted by Crippen LogP contribution is 2.43. The number of hydrogen-bond acceptors (Lipinski definition) is 4. The Morgan fingerprint density at radius 2 is 1.56 bits per heavy atom. The summed E-state index contributed by atoms with van der Waals surface area (Å²) in [6.45, 7) is 3.94. The first-order valence-electron chi connectivity index (χ1n) is 11.6. The summed E-state index contributed by atoms with van der Waals surface area (Å²) in [7, 11) is 0. The van der Waals surface area contributed by atoms with Gasteiger partial charge in [-0.15, -0.1) is 0 Å². The fraction of sp³-hybridized carbons (Fsp3) is 0.241. The predicted molar refractivity (Wildman–Crippen MR) is 132 cm³/mol. The van der Waals surface area contributed by atoms with E-state index in [-0.39, 0.29) is 17.1 Å². The van der Waals surface area contributed by atoms with E-state index >= 15 is 0 Å². The number of carbonyl (C=O) groups is 2. The van der Waals surface area contributed by atoms with Gasteiger partial charge >= 0.3 is 0 Å². The molecule has 1 aliphatic carbocycles. The second-order valence-electron chi connectivity index (χ2n) is 9.22. The third-order valence-corrected chi connectivity index (χ3v) is 7.04. The number of hydrogen-bond donors (Lipinski definition) is 2. The minimum absolute atomic E-state index is 0.0599. The highest BCUT2D eigenvalue weighted by Gasteiger charge is 2.47. The molecule has 1 fully saturated rings. The Labute approximate surface area is 199 Å². The number of anilines is 1. The van der Waals surface area contributed by atoms with Gasteiger partial charge in [-0.25, -0.2) is 0 Å². The number of ketones is 1. The highest BCUT2D eigenvalue weighted by atomic mass is 16.3. The van der Waals surface area contributed by atoms with Gasteiger partial charge in [0, 0.05) is 11.3 Å². The van der Waals surface area contributed by atoms with Crippen molar-refractivity contribution >= 4 is 23.1 Å². The van der Waals surface area contributed by atoms with Gasteiger partial charge in [0.1, 0.15) is 11.5 Å². The summed E-state index contributed by atoms with van der Waals surface area (Å²) in [4.78, 5) is 28.1. The fourth-order valence-corrected chi connectivity index (χ4v) is 4.98. The van der Waals surface area contributed by atoms with Gasteiger partial charge in [0.2, 0.25) is 0 Å². The molecule has 0 bridgehead atoms. The standard InChI is InChI=1S/C29H27NO4/c1-17-7-12-23(15-18(17)2)30-26(20-10-13-24(31)14-11-20)25(28(33)29(30)34)27(32)22-9-8-19-5-3-4-6-21(19)16-22/h7-16,26,31-32H,3-6H2,1-2H3/b27-25-. The number of rotatable bonds is 3. The molecule has 34 heavy (non-hydrogen) atoms. The lowest BCUT2D eigenvalue weighted by molar-refractivity contribution is -0.132. The first-order valence-corrected chi connectivity index (χ1v) is 11.6. The van der Waals surface area contributed by atoms with Gasteiger partial charge in [-0.3, -0.25) is 14.5 Å². The second kappa shape index (κ2) is 8.49. The van der Waals surface area contributed by atoms with Crippen molar-refractivity contribution < 1.29 is 19.8 Å². The molecule has 1 saturated heterocycles. The average molecular weight is 454 g/mol. The molecule has 5 rings (SSSR count). The predicted octanol–water partition coefficient (Wildman–Crippen LogP) is 5.51. The van der Waals surface area contributed by atoms with E-state index in [0.29, 0.717) is 16.8 Å². The van der Waals surface area contributed by atoms with Crippen LogP contribution in [0.15, 0.2) is 66.2 Å². The molecule has 5 nitrogen and oxygen atoms in total. The van der Waals surface area contributed by atoms with E-state index in [9.17, 15) is 19.8 Å². The van der Waals surface area contributed by atoms with Crippen LogP contribution in [0.3, 0.4) is 0 Å². The SMILES string of the molecule is Cc1ccc(N2C(=O)C(=O)/C(=C(\O)c3ccc4c(c3)CCCC4)C2c2ccc(O)cc2)cc1C. The fourth-order valence-electron chi connectivity index (χ4n) is 4.98. The van der Waals surface area contributed by atoms with Gasteiger partial charge < -0.3 is 10.2 Å². The Morgan fingerprint density at radius 1 is 0.853 bits per heavy atom. The molecule has 0 spiro atoms. The summed E-state index contributed by atoms with van der Waals surface area (Å²) in [5.74, 6) is -1.48. The smallest absolute Gasteiger partial charge is 0.300 e. The van der Waals surface area contributed by atoms with Crippen molar-refractivity contribution in [2.75, 3.05) is 4.90 Å². The van der Waals surface area contributed by atoms with Crippen LogP contribution in [0.25, 0.3) is 5.76 Å². The Morgan fingerprint density at radius 3 is 2.26 bits per heavy atom. The zero-order valence-electron chi connectivity index (χ0n) is 19.3. The normalized spacial score (nSPS) is 19.4. The largest absolute Gasteiger partial charge is 0.508 e. The van der Waals surface area contributed by atoms with Gasteiger partial charge in [-0.2, -0.15) is 0 Å². The van der Waals surface area contributed by atoms with Gasteiger partial charge in [-0.1, -0.05) is 30.3 Å². The average Bonchev–Trinajstić information content (AvgIpc) is 3.11. The lowest BCUT2D eigenvalue weighted by atomic mass is 9.88. The van der Waals surface area contributed by atoms with Crippen LogP contribution < -0.4 is 4.90 Å². The van der Waals surface area contributed by atoms with Crippen LogP contribution in [-0.4, -0.2) is 21.9 Å². The lowest BCUT2D eigenvalue weighted by Gasteiger charge is -2.26. The van der Waals surface area contributed by atoms with Crippen molar-refractivity contribution in [2.24, 2.45) is 0 Å². The molecular weight excluding hydrogens is 426 g/mol. The van der Waals surface area contributed by atoms with E-state index in [2.05, 4.69) is 0 Å². The summed E-state index contributed by atoms with van der Waals surface area (Å²) in [6, 6.07) is 17.0. The third kappa shape index (κ3) is 3.67. The summed E-state index contributed by atoms with van der Waals surface area (Å²) >= 11 is 0. The van der Waals surface area contributed by atoms with E-state index < -0.39 is 17.7 Å². The van der Waals surface area contributed by atoms with Crippen LogP contribution in [0.5, 0.6) is 5.75 Å². The molecule has 1 heterocycles. The Kier molecular flexibility index (Phi) is 5.48. The topological polar surface area (TPSA) is 77.8 Å². The number of phenolic OH excluding ortho intramolecular Hbond substituents is 1. The van der Waals surface area contributed by atoms with Gasteiger partial charge in [0.05, 0.1) is 11.6 Å². The molecule has 5 heteroatoms. The van der Waals surface area contributed by atoms with E-state index in [1.165, 1.54) is 28.2 Å². The molecule has 3 aromatic rings. The van der Waals surface area contributed by atoms with Crippen LogP contribution in [-0.2, 0) is 22.4 Å². The molecule has 0 aromatic heterocycles. The number of benzene rings is 3. The number of fused-ring (bicyclic) bond motifs is 1. The zero-order valence-corrected chi connectivity index (χ0v) is 19.3. The number of aryl methyl sites for hydroxylation is 4. The van der Waals surface area contributed by atoms with E-state index in [0.717, 1.165) is 36.8 Å². The Balaban J connectivity index is 1.70. The number of aliphatic hydroxyl groups excluding tert-OH is 1. The van der Waals surface area contributed by atoms with Crippen LogP contribution in [0.1, 0.15) is 52.3 Å². The van der Waals surface area contributed by atoms with Gasteiger partial charge in [0.15, 0.2) is 0 Å². The van der Waals surface area contributed by atoms with E-state index in [1.807, 2.05) is 50.2 Å². The molecule has 0 saturated carbocycles. The Bertz CT molecular complexity index is 1340. The van der Waals surface area contributed by atoms with E-state index in [1.54, 1.807) is 12.1 Å². The highest BCUT2D eigenvalue weighted by molar-refractivity contribution is 6.51. The summed E-state index contributed by atoms with van der Waals surface area (Å²) in [5, 5.41) is 21.2. The van der Waals surface area contributed by atoms with Crippen LogP contribution in [0.2, 0.25) is 0 Å². The second-order valence-corrected chi connectivity index (χ2v) is 9.22. The molecule has 172 valence electrons. The Hall–Kier alpha value is -3.86. The maximum atomic E-state index is 13.3. The third-order valence-electron chi connectivity index (χ3n) is 7.04. The summed E-state index contributed by atoms with van der Waals surface area (Å²) in [5.41, 5.74) is 6.36. The molecular formula is C29H27NO4. The zero-order chi connectivity index (χ0) is 24.0. The van der Waals surface area contributed by atoms with Crippen molar-refractivity contribution in [1.82, 2.24) is 0 Å². The first-order chi connectivity index (χ1) is 16.3. The van der Waals surface area contributed by atoms with Crippen molar-refractivity contribution in [3.8, 4) is 5.75 Å². The quantitative estimate of drug-likeness (QED) is 0.311. The molecule has 1 unspecified atom stereocenters. The molecule has 3 aromatic carbocycles. The molecule has 1 aliphatic heterocycles. The summed E-state index contributed by atoms with van der Waals surface area (Å²) < 4.78 is 0. The number of aromatic hydroxyl groups is 1. The summed E-state index contributed by atoms with van der Waals surface area (Å²) in [6.07, 6.45) is 4.21. The lowest BCUT2D eigenvalue weighted by Crippen LogP contribution is -2.29. The van der Waals surface area contributed by atoms with Gasteiger partial charge in [0.25, 0.3) is 11.7 Å². The number of phenols is 1. The number of aliphatic hydroxyl groups is 1. The monoisotopic (exact) mass is 453 g/mol. The van der Waals surface area contributed by atoms with Crippen LogP contribution >= 0.6 is 0 Å². The van der Waals surface area contributed by atoms with Gasteiger partial charge in [-0.05, 0) is 97.7 Å². The minimum Gasteiger partial charge on any atom is -0.508 e. The molecule has 0 radical (unpaired) electrons. The number of nitrogens with zero attached hydrogens (tertiary/aromatic N) is 1. The van der Waals surface area contributed by atoms with Crippen molar-refractivity contribution in [2.45, 2.75) is 45.6 Å². The molecule has 2 aliphatic rings.